The van der Waals surface area contributed by atoms with Crippen molar-refractivity contribution >= 4 is 17.6 Å². The van der Waals surface area contributed by atoms with Crippen LogP contribution in [0, 0.1) is 26.7 Å². The molecule has 2 heterocycles. The molecule has 2 amide bonds. The van der Waals surface area contributed by atoms with E-state index in [1.807, 2.05) is 36.9 Å². The molecule has 3 rings (SSSR count). The van der Waals surface area contributed by atoms with Gasteiger partial charge >= 0.3 is 0 Å². The van der Waals surface area contributed by atoms with Crippen molar-refractivity contribution in [2.24, 2.45) is 5.92 Å². The van der Waals surface area contributed by atoms with E-state index in [2.05, 4.69) is 10.5 Å². The van der Waals surface area contributed by atoms with Gasteiger partial charge in [0.1, 0.15) is 5.76 Å². The Kier molecular flexibility index (Phi) is 4.88. The topological polar surface area (TPSA) is 75.4 Å². The molecule has 6 heteroatoms. The maximum Gasteiger partial charge on any atom is 0.253 e. The number of hydrogen-bond donors (Lipinski definition) is 1. The fraction of sp³-hybridized carbons (Fsp3) is 0.421. The minimum absolute atomic E-state index is 0.0362. The van der Waals surface area contributed by atoms with Gasteiger partial charge in [-0.05, 0) is 56.9 Å². The molecule has 1 aliphatic heterocycles. The number of nitrogens with one attached hydrogen (secondary N) is 1. The minimum atomic E-state index is -0.110. The molecule has 0 bridgehead atoms. The van der Waals surface area contributed by atoms with Crippen molar-refractivity contribution in [2.45, 2.75) is 33.6 Å². The van der Waals surface area contributed by atoms with E-state index in [9.17, 15) is 9.59 Å². The van der Waals surface area contributed by atoms with Gasteiger partial charge in [0.15, 0.2) is 5.82 Å². The summed E-state index contributed by atoms with van der Waals surface area (Å²) >= 11 is 0. The number of rotatable bonds is 3. The second-order valence-electron chi connectivity index (χ2n) is 6.68. The van der Waals surface area contributed by atoms with E-state index in [-0.39, 0.29) is 17.7 Å². The van der Waals surface area contributed by atoms with Crippen LogP contribution in [-0.4, -0.2) is 35.0 Å². The first kappa shape index (κ1) is 17.2. The molecule has 0 unspecified atom stereocenters. The van der Waals surface area contributed by atoms with E-state index >= 15 is 0 Å². The van der Waals surface area contributed by atoms with E-state index in [4.69, 9.17) is 4.52 Å². The fourth-order valence-electron chi connectivity index (χ4n) is 3.06. The number of likely N-dealkylation sites (tertiary alicyclic amines) is 1. The van der Waals surface area contributed by atoms with E-state index in [1.54, 1.807) is 13.0 Å². The molecular weight excluding hydrogens is 318 g/mol. The third kappa shape index (κ3) is 3.90. The molecule has 1 fully saturated rings. The van der Waals surface area contributed by atoms with Crippen molar-refractivity contribution in [1.82, 2.24) is 10.1 Å². The lowest BCUT2D eigenvalue weighted by atomic mass is 9.95. The number of carbonyl (C=O) groups excluding carboxylic acids is 2. The SMILES string of the molecule is Cc1cc(NC(=O)C2CCN(C(=O)c3ccc(C)c(C)c3)CC2)no1. The summed E-state index contributed by atoms with van der Waals surface area (Å²) in [5.74, 6) is 0.960. The van der Waals surface area contributed by atoms with Crippen LogP contribution in [0.3, 0.4) is 0 Å². The highest BCUT2D eigenvalue weighted by Crippen LogP contribution is 2.21. The molecule has 2 aromatic rings. The molecule has 25 heavy (non-hydrogen) atoms. The molecule has 1 saturated heterocycles. The second-order valence-corrected chi connectivity index (χ2v) is 6.68. The molecule has 0 saturated carbocycles. The summed E-state index contributed by atoms with van der Waals surface area (Å²) in [5, 5.41) is 6.55. The average molecular weight is 341 g/mol. The molecule has 1 aromatic heterocycles. The maximum atomic E-state index is 12.6. The second kappa shape index (κ2) is 7.09. The summed E-state index contributed by atoms with van der Waals surface area (Å²) in [6.07, 6.45) is 1.30. The van der Waals surface area contributed by atoms with Crippen LogP contribution in [0.15, 0.2) is 28.8 Å². The van der Waals surface area contributed by atoms with Crippen molar-refractivity contribution in [3.8, 4) is 0 Å². The zero-order chi connectivity index (χ0) is 18.0. The predicted octanol–water partition coefficient (Wildman–Crippen LogP) is 3.09. The lowest BCUT2D eigenvalue weighted by Crippen LogP contribution is -2.41. The number of aryl methyl sites for hydroxylation is 3. The average Bonchev–Trinajstić information content (AvgIpc) is 3.01. The van der Waals surface area contributed by atoms with Gasteiger partial charge in [-0.2, -0.15) is 0 Å². The quantitative estimate of drug-likeness (QED) is 0.931. The van der Waals surface area contributed by atoms with E-state index < -0.39 is 0 Å². The van der Waals surface area contributed by atoms with Crippen molar-refractivity contribution in [3.05, 3.63) is 46.7 Å². The summed E-state index contributed by atoms with van der Waals surface area (Å²) in [7, 11) is 0. The van der Waals surface area contributed by atoms with Crippen LogP contribution in [-0.2, 0) is 4.79 Å². The van der Waals surface area contributed by atoms with Gasteiger partial charge in [0, 0.05) is 30.6 Å². The molecule has 1 aliphatic rings. The zero-order valence-electron chi connectivity index (χ0n) is 14.8. The molecule has 6 nitrogen and oxygen atoms in total. The number of hydrogen-bond acceptors (Lipinski definition) is 4. The lowest BCUT2D eigenvalue weighted by Gasteiger charge is -2.31. The van der Waals surface area contributed by atoms with Gasteiger partial charge in [0.2, 0.25) is 5.91 Å². The van der Waals surface area contributed by atoms with Crippen LogP contribution in [0.25, 0.3) is 0 Å². The van der Waals surface area contributed by atoms with Gasteiger partial charge < -0.3 is 14.7 Å². The van der Waals surface area contributed by atoms with Crippen molar-refractivity contribution in [2.75, 3.05) is 18.4 Å². The fourth-order valence-corrected chi connectivity index (χ4v) is 3.06. The Hall–Kier alpha value is -2.63. The Morgan fingerprint density at radius 2 is 1.84 bits per heavy atom. The van der Waals surface area contributed by atoms with Crippen LogP contribution < -0.4 is 5.32 Å². The maximum absolute atomic E-state index is 12.6. The van der Waals surface area contributed by atoms with Crippen molar-refractivity contribution in [1.29, 1.82) is 0 Å². The molecule has 0 radical (unpaired) electrons. The normalized spacial score (nSPS) is 15.2. The van der Waals surface area contributed by atoms with Crippen LogP contribution >= 0.6 is 0 Å². The predicted molar refractivity (Wildman–Crippen MR) is 94.4 cm³/mol. The highest BCUT2D eigenvalue weighted by Gasteiger charge is 2.28. The van der Waals surface area contributed by atoms with Crippen LogP contribution in [0.1, 0.15) is 40.1 Å². The van der Waals surface area contributed by atoms with Gasteiger partial charge in [-0.15, -0.1) is 0 Å². The summed E-state index contributed by atoms with van der Waals surface area (Å²) in [6, 6.07) is 7.47. The lowest BCUT2D eigenvalue weighted by molar-refractivity contribution is -0.121. The monoisotopic (exact) mass is 341 g/mol. The third-order valence-corrected chi connectivity index (χ3v) is 4.79. The smallest absolute Gasteiger partial charge is 0.253 e. The first-order valence-electron chi connectivity index (χ1n) is 8.55. The van der Waals surface area contributed by atoms with Gasteiger partial charge in [-0.1, -0.05) is 11.2 Å². The Labute approximate surface area is 147 Å². The van der Waals surface area contributed by atoms with Gasteiger partial charge in [-0.3, -0.25) is 9.59 Å². The highest BCUT2D eigenvalue weighted by molar-refractivity contribution is 5.95. The molecule has 1 aromatic carbocycles. The molecule has 0 aliphatic carbocycles. The van der Waals surface area contributed by atoms with Crippen LogP contribution in [0.4, 0.5) is 5.82 Å². The Balaban J connectivity index is 1.56. The summed E-state index contributed by atoms with van der Waals surface area (Å²) in [6.45, 7) is 6.99. The third-order valence-electron chi connectivity index (χ3n) is 4.79. The molecule has 1 N–H and O–H groups in total. The number of amides is 2. The van der Waals surface area contributed by atoms with E-state index in [0.29, 0.717) is 43.1 Å². The standard InChI is InChI=1S/C19H23N3O3/c1-12-4-5-16(10-13(12)2)19(24)22-8-6-15(7-9-22)18(23)20-17-11-14(3)25-21-17/h4-5,10-11,15H,6-9H2,1-3H3,(H,20,21,23). The van der Waals surface area contributed by atoms with Gasteiger partial charge in [0.05, 0.1) is 0 Å². The molecule has 132 valence electrons. The van der Waals surface area contributed by atoms with E-state index in [0.717, 1.165) is 5.56 Å². The minimum Gasteiger partial charge on any atom is -0.360 e. The molecular formula is C19H23N3O3. The number of anilines is 1. The Bertz CT molecular complexity index is 789. The first-order chi connectivity index (χ1) is 11.9. The van der Waals surface area contributed by atoms with Gasteiger partial charge in [0.25, 0.3) is 5.91 Å². The summed E-state index contributed by atoms with van der Waals surface area (Å²) in [5.41, 5.74) is 3.00. The molecule has 0 atom stereocenters. The highest BCUT2D eigenvalue weighted by atomic mass is 16.5. The van der Waals surface area contributed by atoms with E-state index in [1.165, 1.54) is 5.56 Å². The van der Waals surface area contributed by atoms with Crippen LogP contribution in [0.5, 0.6) is 0 Å². The zero-order valence-corrected chi connectivity index (χ0v) is 14.8. The largest absolute Gasteiger partial charge is 0.360 e. The number of piperidine rings is 1. The number of benzene rings is 1. The number of carbonyl (C=O) groups is 2. The van der Waals surface area contributed by atoms with Crippen molar-refractivity contribution < 1.29 is 14.1 Å². The molecule has 0 spiro atoms. The number of nitrogens with zero attached hydrogens (tertiary/aromatic N) is 2. The Morgan fingerprint density at radius 1 is 1.12 bits per heavy atom. The van der Waals surface area contributed by atoms with Crippen LogP contribution in [0.2, 0.25) is 0 Å². The first-order valence-corrected chi connectivity index (χ1v) is 8.55. The summed E-state index contributed by atoms with van der Waals surface area (Å²) < 4.78 is 4.95. The van der Waals surface area contributed by atoms with Crippen molar-refractivity contribution in [3.63, 3.8) is 0 Å². The number of aromatic nitrogens is 1. The summed E-state index contributed by atoms with van der Waals surface area (Å²) in [4.78, 5) is 26.8. The van der Waals surface area contributed by atoms with Gasteiger partial charge in [-0.25, -0.2) is 0 Å². The Morgan fingerprint density at radius 3 is 2.44 bits per heavy atom.